The smallest absolute Gasteiger partial charge is 0.276 e. The Labute approximate surface area is 256 Å². The number of amides is 3. The van der Waals surface area contributed by atoms with E-state index in [9.17, 15) is 24.5 Å². The van der Waals surface area contributed by atoms with Gasteiger partial charge in [0.15, 0.2) is 0 Å². The molecule has 43 heavy (non-hydrogen) atoms. The summed E-state index contributed by atoms with van der Waals surface area (Å²) < 4.78 is 0. The first-order valence-electron chi connectivity index (χ1n) is 13.1. The number of nitrogens with zero attached hydrogens (tertiary/aromatic N) is 2. The normalized spacial score (nSPS) is 11.7. The van der Waals surface area contributed by atoms with Crippen LogP contribution in [0.2, 0.25) is 5.02 Å². The molecule has 12 heteroatoms. The van der Waals surface area contributed by atoms with Crippen molar-refractivity contribution in [2.24, 2.45) is 0 Å². The highest BCUT2D eigenvalue weighted by molar-refractivity contribution is 8.00. The molecular formula is C31H26ClN5O5S. The lowest BCUT2D eigenvalue weighted by Gasteiger charge is -2.15. The van der Waals surface area contributed by atoms with Crippen molar-refractivity contribution in [3.63, 3.8) is 0 Å². The molecule has 0 aliphatic carbocycles. The lowest BCUT2D eigenvalue weighted by atomic mass is 10.1. The van der Waals surface area contributed by atoms with Gasteiger partial charge in [-0.2, -0.15) is 0 Å². The maximum Gasteiger partial charge on any atom is 0.276 e. The number of carbonyl (C=O) groups is 3. The molecule has 10 nitrogen and oxygen atoms in total. The van der Waals surface area contributed by atoms with E-state index in [0.717, 1.165) is 0 Å². The van der Waals surface area contributed by atoms with Gasteiger partial charge in [-0.25, -0.2) is 4.98 Å². The number of rotatable bonds is 11. The quantitative estimate of drug-likeness (QED) is 0.0750. The second kappa shape index (κ2) is 14.8. The van der Waals surface area contributed by atoms with Gasteiger partial charge >= 0.3 is 0 Å². The van der Waals surface area contributed by atoms with Crippen molar-refractivity contribution in [1.29, 1.82) is 0 Å². The highest BCUT2D eigenvalue weighted by atomic mass is 35.5. The Kier molecular flexibility index (Phi) is 10.6. The van der Waals surface area contributed by atoms with Gasteiger partial charge in [-0.3, -0.25) is 24.5 Å². The molecule has 0 fully saturated rings. The van der Waals surface area contributed by atoms with Crippen LogP contribution in [0.15, 0.2) is 108 Å². The summed E-state index contributed by atoms with van der Waals surface area (Å²) in [7, 11) is 0. The number of para-hydroxylation sites is 1. The van der Waals surface area contributed by atoms with Gasteiger partial charge in [0.2, 0.25) is 5.91 Å². The van der Waals surface area contributed by atoms with E-state index in [4.69, 9.17) is 11.6 Å². The Balaban J connectivity index is 1.54. The van der Waals surface area contributed by atoms with Crippen LogP contribution in [-0.2, 0) is 9.59 Å². The second-order valence-electron chi connectivity index (χ2n) is 9.04. The molecule has 0 saturated carbocycles. The summed E-state index contributed by atoms with van der Waals surface area (Å²) in [4.78, 5) is 55.1. The molecule has 218 valence electrons. The summed E-state index contributed by atoms with van der Waals surface area (Å²) in [5.41, 5.74) is 0.425. The van der Waals surface area contributed by atoms with E-state index >= 15 is 0 Å². The van der Waals surface area contributed by atoms with Crippen molar-refractivity contribution >= 4 is 64.4 Å². The summed E-state index contributed by atoms with van der Waals surface area (Å²) >= 11 is 7.18. The van der Waals surface area contributed by atoms with Crippen molar-refractivity contribution in [3.05, 3.63) is 129 Å². The van der Waals surface area contributed by atoms with Gasteiger partial charge in [0, 0.05) is 28.4 Å². The molecule has 0 aliphatic heterocycles. The molecule has 1 atom stereocenters. The van der Waals surface area contributed by atoms with Crippen LogP contribution < -0.4 is 16.0 Å². The van der Waals surface area contributed by atoms with Gasteiger partial charge in [-0.05, 0) is 61.0 Å². The van der Waals surface area contributed by atoms with Crippen molar-refractivity contribution in [3.8, 4) is 0 Å². The standard InChI is InChI=1S/C31H26ClN5O5S/c1-2-27(31(40)36-28-16-15-22(32)19-33-28)43-24-13-8-12-23(18-24)34-30(39)25(35-29(38)20-9-4-3-5-10-20)17-21-11-6-7-14-26(21)37(41)42/h3-19,27H,2H2,1H3,(H,34,39)(H,35,38)(H,33,36,40)/b25-17+. The fourth-order valence-corrected chi connectivity index (χ4v) is 4.99. The van der Waals surface area contributed by atoms with Crippen LogP contribution in [0.25, 0.3) is 6.08 Å². The Morgan fingerprint density at radius 2 is 1.72 bits per heavy atom. The van der Waals surface area contributed by atoms with Crippen LogP contribution in [-0.4, -0.2) is 32.9 Å². The molecule has 1 aromatic heterocycles. The summed E-state index contributed by atoms with van der Waals surface area (Å²) in [6.45, 7) is 1.88. The van der Waals surface area contributed by atoms with E-state index in [2.05, 4.69) is 20.9 Å². The minimum absolute atomic E-state index is 0.141. The summed E-state index contributed by atoms with van der Waals surface area (Å²) in [5, 5.41) is 19.7. The Bertz CT molecular complexity index is 1660. The summed E-state index contributed by atoms with van der Waals surface area (Å²) in [6, 6.07) is 24.3. The number of nitro groups is 1. The minimum atomic E-state index is -0.692. The van der Waals surface area contributed by atoms with Gasteiger partial charge in [0.05, 0.1) is 20.8 Å². The second-order valence-corrected chi connectivity index (χ2v) is 10.8. The average Bonchev–Trinajstić information content (AvgIpc) is 3.01. The molecule has 0 bridgehead atoms. The zero-order valence-corrected chi connectivity index (χ0v) is 24.4. The van der Waals surface area contributed by atoms with Crippen molar-refractivity contribution < 1.29 is 19.3 Å². The number of pyridine rings is 1. The molecule has 0 radical (unpaired) electrons. The molecule has 0 aliphatic rings. The molecule has 4 rings (SSSR count). The Morgan fingerprint density at radius 1 is 0.977 bits per heavy atom. The lowest BCUT2D eigenvalue weighted by molar-refractivity contribution is -0.385. The predicted octanol–water partition coefficient (Wildman–Crippen LogP) is 6.56. The third-order valence-electron chi connectivity index (χ3n) is 5.97. The zero-order chi connectivity index (χ0) is 30.8. The van der Waals surface area contributed by atoms with Crippen molar-refractivity contribution in [2.75, 3.05) is 10.6 Å². The number of halogens is 1. The van der Waals surface area contributed by atoms with Crippen molar-refractivity contribution in [2.45, 2.75) is 23.5 Å². The number of anilines is 2. The number of nitrogens with one attached hydrogen (secondary N) is 3. The molecule has 0 spiro atoms. The first-order valence-corrected chi connectivity index (χ1v) is 14.3. The Hall–Kier alpha value is -5.00. The van der Waals surface area contributed by atoms with Gasteiger partial charge in [-0.1, -0.05) is 54.9 Å². The number of aromatic nitrogens is 1. The monoisotopic (exact) mass is 615 g/mol. The van der Waals surface area contributed by atoms with Crippen molar-refractivity contribution in [1.82, 2.24) is 10.3 Å². The predicted molar refractivity (Wildman–Crippen MR) is 168 cm³/mol. The third-order valence-corrected chi connectivity index (χ3v) is 7.56. The molecule has 3 amide bonds. The fraction of sp³-hybridized carbons (Fsp3) is 0.0968. The van der Waals surface area contributed by atoms with Gasteiger partial charge in [0.25, 0.3) is 17.5 Å². The van der Waals surface area contributed by atoms with Crippen LogP contribution in [0, 0.1) is 10.1 Å². The van der Waals surface area contributed by atoms with Crippen LogP contribution in [0.1, 0.15) is 29.3 Å². The molecule has 0 saturated heterocycles. The van der Waals surface area contributed by atoms with E-state index in [1.807, 2.05) is 6.92 Å². The summed E-state index contributed by atoms with van der Waals surface area (Å²) in [5.74, 6) is -1.11. The highest BCUT2D eigenvalue weighted by Gasteiger charge is 2.21. The maximum atomic E-state index is 13.4. The van der Waals surface area contributed by atoms with E-state index in [0.29, 0.717) is 33.4 Å². The molecule has 1 heterocycles. The average molecular weight is 616 g/mol. The number of hydrogen-bond donors (Lipinski definition) is 3. The number of thioether (sulfide) groups is 1. The maximum absolute atomic E-state index is 13.4. The van der Waals surface area contributed by atoms with E-state index in [1.165, 1.54) is 42.2 Å². The Morgan fingerprint density at radius 3 is 2.42 bits per heavy atom. The fourth-order valence-electron chi connectivity index (χ4n) is 3.86. The molecule has 3 N–H and O–H groups in total. The number of carbonyl (C=O) groups excluding carboxylic acids is 3. The third kappa shape index (κ3) is 8.74. The van der Waals surface area contributed by atoms with Crippen LogP contribution in [0.3, 0.4) is 0 Å². The number of hydrogen-bond acceptors (Lipinski definition) is 7. The van der Waals surface area contributed by atoms with Gasteiger partial charge in [-0.15, -0.1) is 11.8 Å². The van der Waals surface area contributed by atoms with Crippen LogP contribution in [0.5, 0.6) is 0 Å². The van der Waals surface area contributed by atoms with Gasteiger partial charge in [0.1, 0.15) is 11.5 Å². The number of nitro benzene ring substituents is 1. The molecule has 1 unspecified atom stereocenters. The van der Waals surface area contributed by atoms with E-state index in [1.54, 1.807) is 72.8 Å². The topological polar surface area (TPSA) is 143 Å². The summed E-state index contributed by atoms with van der Waals surface area (Å²) in [6.07, 6.45) is 3.22. The lowest BCUT2D eigenvalue weighted by Crippen LogP contribution is -2.30. The largest absolute Gasteiger partial charge is 0.321 e. The van der Waals surface area contributed by atoms with Crippen LogP contribution >= 0.6 is 23.4 Å². The number of benzene rings is 3. The van der Waals surface area contributed by atoms with E-state index in [-0.39, 0.29) is 22.9 Å². The highest BCUT2D eigenvalue weighted by Crippen LogP contribution is 2.29. The first kappa shape index (κ1) is 30.9. The first-order chi connectivity index (χ1) is 20.7. The molecular weight excluding hydrogens is 590 g/mol. The zero-order valence-electron chi connectivity index (χ0n) is 22.8. The molecule has 4 aromatic rings. The molecule has 3 aromatic carbocycles. The van der Waals surface area contributed by atoms with E-state index < -0.39 is 22.0 Å². The minimum Gasteiger partial charge on any atom is -0.321 e. The van der Waals surface area contributed by atoms with Crippen LogP contribution in [0.4, 0.5) is 17.2 Å². The SMILES string of the molecule is CCC(Sc1cccc(NC(=O)/C(=C\c2ccccc2[N+](=O)[O-])NC(=O)c2ccccc2)c1)C(=O)Nc1ccc(Cl)cn1. The van der Waals surface area contributed by atoms with Gasteiger partial charge < -0.3 is 16.0 Å².